The average molecular weight is 470 g/mol. The number of amides is 1. The van der Waals surface area contributed by atoms with E-state index in [1.807, 2.05) is 26.0 Å². The molecule has 174 valence electrons. The van der Waals surface area contributed by atoms with Crippen LogP contribution in [0.15, 0.2) is 42.5 Å². The van der Waals surface area contributed by atoms with Gasteiger partial charge in [-0.25, -0.2) is 4.98 Å². The number of nitrogens with one attached hydrogen (secondary N) is 1. The van der Waals surface area contributed by atoms with Crippen LogP contribution in [0, 0.1) is 10.1 Å². The summed E-state index contributed by atoms with van der Waals surface area (Å²) in [5.41, 5.74) is 1.49. The van der Waals surface area contributed by atoms with Crippen molar-refractivity contribution in [2.75, 3.05) is 44.2 Å². The molecule has 3 aromatic rings. The fraction of sp³-hybridized carbons (Fsp3) is 0.391. The number of hydrogen-bond acceptors (Lipinski definition) is 8. The second-order valence-corrected chi connectivity index (χ2v) is 9.19. The van der Waals surface area contributed by atoms with Gasteiger partial charge in [0.05, 0.1) is 21.2 Å². The molecule has 33 heavy (non-hydrogen) atoms. The minimum absolute atomic E-state index is 0.0874. The highest BCUT2D eigenvalue weighted by molar-refractivity contribution is 7.22. The lowest BCUT2D eigenvalue weighted by molar-refractivity contribution is -0.384. The summed E-state index contributed by atoms with van der Waals surface area (Å²) in [5, 5.41) is 14.9. The van der Waals surface area contributed by atoms with Crippen LogP contribution in [0.5, 0.6) is 5.75 Å². The first-order chi connectivity index (χ1) is 15.9. The van der Waals surface area contributed by atoms with Gasteiger partial charge in [-0.15, -0.1) is 0 Å². The highest BCUT2D eigenvalue weighted by Crippen LogP contribution is 2.31. The van der Waals surface area contributed by atoms with E-state index in [4.69, 9.17) is 4.74 Å². The smallest absolute Gasteiger partial charge is 0.270 e. The second kappa shape index (κ2) is 10.1. The number of rotatable bonds is 8. The van der Waals surface area contributed by atoms with E-state index in [2.05, 4.69) is 20.1 Å². The maximum absolute atomic E-state index is 12.4. The molecular weight excluding hydrogens is 442 g/mol. The maximum atomic E-state index is 12.4. The van der Waals surface area contributed by atoms with Gasteiger partial charge in [0.1, 0.15) is 5.75 Å². The Balaban J connectivity index is 1.23. The molecule has 9 nitrogen and oxygen atoms in total. The standard InChI is InChI=1S/C23H27N5O4S/c1-16(2)32-19-6-3-17(4-7-19)22(29)24-9-10-26-11-13-27(14-12-26)23-25-20-8-5-18(28(30)31)15-21(20)33-23/h3-8,15-16H,9-14H2,1-2H3,(H,24,29). The van der Waals surface area contributed by atoms with E-state index >= 15 is 0 Å². The van der Waals surface area contributed by atoms with Crippen LogP contribution in [-0.2, 0) is 0 Å². The summed E-state index contributed by atoms with van der Waals surface area (Å²) in [6.07, 6.45) is 0.0984. The number of thiazole rings is 1. The summed E-state index contributed by atoms with van der Waals surface area (Å²) in [7, 11) is 0. The number of benzene rings is 2. The number of carbonyl (C=O) groups is 1. The fourth-order valence-corrected chi connectivity index (χ4v) is 4.75. The first-order valence-electron chi connectivity index (χ1n) is 11.0. The van der Waals surface area contributed by atoms with Gasteiger partial charge in [-0.3, -0.25) is 19.8 Å². The molecule has 2 aromatic carbocycles. The summed E-state index contributed by atoms with van der Waals surface area (Å²) in [5.74, 6) is 0.666. The van der Waals surface area contributed by atoms with Gasteiger partial charge in [0.15, 0.2) is 5.13 Å². The maximum Gasteiger partial charge on any atom is 0.270 e. The van der Waals surface area contributed by atoms with E-state index in [0.717, 1.165) is 53.8 Å². The lowest BCUT2D eigenvalue weighted by atomic mass is 10.2. The summed E-state index contributed by atoms with van der Waals surface area (Å²) in [6, 6.07) is 12.0. The number of non-ortho nitro benzene ring substituents is 1. The number of carbonyl (C=O) groups excluding carboxylic acids is 1. The van der Waals surface area contributed by atoms with Crippen LogP contribution in [-0.4, -0.2) is 66.1 Å². The number of nitro groups is 1. The molecule has 1 N–H and O–H groups in total. The number of piperazine rings is 1. The molecule has 10 heteroatoms. The van der Waals surface area contributed by atoms with Crippen LogP contribution in [0.2, 0.25) is 0 Å². The molecule has 1 aliphatic rings. The lowest BCUT2D eigenvalue weighted by Crippen LogP contribution is -2.48. The zero-order valence-electron chi connectivity index (χ0n) is 18.7. The van der Waals surface area contributed by atoms with Crippen LogP contribution in [0.25, 0.3) is 10.2 Å². The number of nitro benzene ring substituents is 1. The number of fused-ring (bicyclic) bond motifs is 1. The highest BCUT2D eigenvalue weighted by Gasteiger charge is 2.20. The first kappa shape index (κ1) is 22.9. The normalized spacial score (nSPS) is 14.6. The molecule has 1 saturated heterocycles. The van der Waals surface area contributed by atoms with Gasteiger partial charge in [0.25, 0.3) is 11.6 Å². The molecule has 0 spiro atoms. The Morgan fingerprint density at radius 3 is 2.58 bits per heavy atom. The largest absolute Gasteiger partial charge is 0.491 e. The molecule has 2 heterocycles. The third kappa shape index (κ3) is 5.77. The van der Waals surface area contributed by atoms with Crippen molar-refractivity contribution in [1.29, 1.82) is 0 Å². The molecule has 0 unspecified atom stereocenters. The van der Waals surface area contributed by atoms with Gasteiger partial charge in [-0.2, -0.15) is 0 Å². The van der Waals surface area contributed by atoms with E-state index in [1.165, 1.54) is 17.4 Å². The SMILES string of the molecule is CC(C)Oc1ccc(C(=O)NCCN2CCN(c3nc4ccc([N+](=O)[O-])cc4s3)CC2)cc1. The van der Waals surface area contributed by atoms with Crippen LogP contribution >= 0.6 is 11.3 Å². The number of ether oxygens (including phenoxy) is 1. The topological polar surface area (TPSA) is 101 Å². The van der Waals surface area contributed by atoms with Crippen molar-refractivity contribution >= 4 is 38.3 Å². The van der Waals surface area contributed by atoms with Crippen molar-refractivity contribution in [3.05, 3.63) is 58.1 Å². The van der Waals surface area contributed by atoms with Crippen molar-refractivity contribution < 1.29 is 14.5 Å². The third-order valence-electron chi connectivity index (χ3n) is 5.42. The van der Waals surface area contributed by atoms with Crippen molar-refractivity contribution in [2.24, 2.45) is 0 Å². The van der Waals surface area contributed by atoms with Crippen LogP contribution in [0.1, 0.15) is 24.2 Å². The van der Waals surface area contributed by atoms with Gasteiger partial charge in [0.2, 0.25) is 0 Å². The van der Waals surface area contributed by atoms with Crippen LogP contribution in [0.4, 0.5) is 10.8 Å². The summed E-state index contributed by atoms with van der Waals surface area (Å²) >= 11 is 1.49. The number of nitrogens with zero attached hydrogens (tertiary/aromatic N) is 4. The summed E-state index contributed by atoms with van der Waals surface area (Å²) < 4.78 is 6.44. The van der Waals surface area contributed by atoms with E-state index in [0.29, 0.717) is 12.1 Å². The Bertz CT molecular complexity index is 1120. The average Bonchev–Trinajstić information content (AvgIpc) is 3.23. The Morgan fingerprint density at radius 2 is 1.91 bits per heavy atom. The van der Waals surface area contributed by atoms with Crippen molar-refractivity contribution in [3.63, 3.8) is 0 Å². The zero-order chi connectivity index (χ0) is 23.4. The van der Waals surface area contributed by atoms with E-state index in [1.54, 1.807) is 24.3 Å². The van der Waals surface area contributed by atoms with Gasteiger partial charge in [-0.1, -0.05) is 11.3 Å². The fourth-order valence-electron chi connectivity index (χ4n) is 3.70. The third-order valence-corrected chi connectivity index (χ3v) is 6.50. The van der Waals surface area contributed by atoms with Crippen molar-refractivity contribution in [2.45, 2.75) is 20.0 Å². The molecule has 1 fully saturated rings. The lowest BCUT2D eigenvalue weighted by Gasteiger charge is -2.34. The van der Waals surface area contributed by atoms with Gasteiger partial charge < -0.3 is 15.0 Å². The second-order valence-electron chi connectivity index (χ2n) is 8.18. The zero-order valence-corrected chi connectivity index (χ0v) is 19.5. The molecular formula is C23H27N5O4S. The molecule has 0 atom stereocenters. The predicted octanol–water partition coefficient (Wildman–Crippen LogP) is 3.54. The molecule has 0 saturated carbocycles. The Morgan fingerprint density at radius 1 is 1.18 bits per heavy atom. The monoisotopic (exact) mass is 469 g/mol. The van der Waals surface area contributed by atoms with Crippen molar-refractivity contribution in [3.8, 4) is 5.75 Å². The molecule has 4 rings (SSSR count). The molecule has 1 aromatic heterocycles. The van der Waals surface area contributed by atoms with Gasteiger partial charge in [-0.05, 0) is 44.2 Å². The van der Waals surface area contributed by atoms with Gasteiger partial charge in [0, 0.05) is 57.0 Å². The Labute approximate surface area is 196 Å². The number of hydrogen-bond donors (Lipinski definition) is 1. The highest BCUT2D eigenvalue weighted by atomic mass is 32.1. The summed E-state index contributed by atoms with van der Waals surface area (Å²) in [6.45, 7) is 8.68. The molecule has 1 amide bonds. The van der Waals surface area contributed by atoms with Gasteiger partial charge >= 0.3 is 0 Å². The molecule has 1 aliphatic heterocycles. The number of anilines is 1. The van der Waals surface area contributed by atoms with E-state index in [9.17, 15) is 14.9 Å². The molecule has 0 aliphatic carbocycles. The molecule has 0 radical (unpaired) electrons. The first-order valence-corrected chi connectivity index (χ1v) is 11.8. The minimum Gasteiger partial charge on any atom is -0.491 e. The Kier molecular flexibility index (Phi) is 7.05. The van der Waals surface area contributed by atoms with E-state index in [-0.39, 0.29) is 22.6 Å². The summed E-state index contributed by atoms with van der Waals surface area (Å²) in [4.78, 5) is 32.2. The Hall–Kier alpha value is -3.24. The van der Waals surface area contributed by atoms with E-state index < -0.39 is 0 Å². The van der Waals surface area contributed by atoms with Crippen LogP contribution < -0.4 is 15.0 Å². The quantitative estimate of drug-likeness (QED) is 0.398. The predicted molar refractivity (Wildman–Crippen MR) is 129 cm³/mol. The minimum atomic E-state index is -0.382. The molecule has 0 bridgehead atoms. The van der Waals surface area contributed by atoms with Crippen molar-refractivity contribution in [1.82, 2.24) is 15.2 Å². The van der Waals surface area contributed by atoms with Crippen LogP contribution in [0.3, 0.4) is 0 Å². The number of aromatic nitrogens is 1.